The summed E-state index contributed by atoms with van der Waals surface area (Å²) < 4.78 is 54.8. The number of benzene rings is 2. The predicted molar refractivity (Wildman–Crippen MR) is 82.3 cm³/mol. The normalized spacial score (nSPS) is 19.7. The number of hydrogen-bond acceptors (Lipinski definition) is 2. The molecule has 134 valence electrons. The number of carbonyl (C=O) groups excluding carboxylic acids is 2. The summed E-state index contributed by atoms with van der Waals surface area (Å²) in [6, 6.07) is 12.3. The first-order valence-electron chi connectivity index (χ1n) is 7.40. The van der Waals surface area contributed by atoms with Crippen LogP contribution in [0.4, 0.5) is 17.6 Å². The molecule has 1 atom stereocenters. The number of alkyl halides is 3. The average molecular weight is 366 g/mol. The third-order valence-corrected chi connectivity index (χ3v) is 3.80. The molecule has 26 heavy (non-hydrogen) atoms. The van der Waals surface area contributed by atoms with Crippen molar-refractivity contribution >= 4 is 17.6 Å². The standard InChI is InChI=1S/C17H11F4N3O2/c18-12-9-5-4-8-11(12)14(25)24-16(17(19,20)21)15(26)22-13(23-16)10-6-2-1-3-7-10/h1-9H,(H,24,25)(H,22,23,26)/p+1/t16-/m1/s1. The zero-order chi connectivity index (χ0) is 18.9. The van der Waals surface area contributed by atoms with Crippen LogP contribution in [0.3, 0.4) is 0 Å². The second-order valence-electron chi connectivity index (χ2n) is 5.50. The molecule has 0 spiro atoms. The van der Waals surface area contributed by atoms with E-state index in [4.69, 9.17) is 0 Å². The number of nitrogens with one attached hydrogen (secondary N) is 3. The molecule has 1 aliphatic heterocycles. The molecular formula is C17H12F4N3O2+. The largest absolute Gasteiger partial charge is 0.465 e. The lowest BCUT2D eigenvalue weighted by atomic mass is 10.1. The number of rotatable bonds is 3. The third-order valence-electron chi connectivity index (χ3n) is 3.80. The van der Waals surface area contributed by atoms with Crippen LogP contribution >= 0.6 is 0 Å². The molecule has 0 bridgehead atoms. The van der Waals surface area contributed by atoms with Crippen molar-refractivity contribution < 1.29 is 32.1 Å². The summed E-state index contributed by atoms with van der Waals surface area (Å²) in [6.45, 7) is 0. The van der Waals surface area contributed by atoms with E-state index in [0.29, 0.717) is 0 Å². The fraction of sp³-hybridized carbons (Fsp3) is 0.118. The van der Waals surface area contributed by atoms with Gasteiger partial charge in [-0.15, -0.1) is 0 Å². The van der Waals surface area contributed by atoms with Gasteiger partial charge in [0.15, 0.2) is 0 Å². The summed E-state index contributed by atoms with van der Waals surface area (Å²) in [5, 5.41) is 3.67. The molecule has 2 aromatic rings. The summed E-state index contributed by atoms with van der Waals surface area (Å²) in [4.78, 5) is 26.3. The molecule has 9 heteroatoms. The van der Waals surface area contributed by atoms with Crippen molar-refractivity contribution in [2.45, 2.75) is 11.8 Å². The highest BCUT2D eigenvalue weighted by Gasteiger charge is 2.70. The highest BCUT2D eigenvalue weighted by Crippen LogP contribution is 2.27. The summed E-state index contributed by atoms with van der Waals surface area (Å²) in [5.41, 5.74) is -3.75. The van der Waals surface area contributed by atoms with Gasteiger partial charge in [-0.1, -0.05) is 30.3 Å². The Morgan fingerprint density at radius 2 is 1.65 bits per heavy atom. The molecule has 3 rings (SSSR count). The van der Waals surface area contributed by atoms with E-state index in [-0.39, 0.29) is 11.4 Å². The van der Waals surface area contributed by atoms with Crippen molar-refractivity contribution in [1.29, 1.82) is 0 Å². The van der Waals surface area contributed by atoms with Crippen LogP contribution < -0.4 is 15.6 Å². The Morgan fingerprint density at radius 3 is 2.27 bits per heavy atom. The summed E-state index contributed by atoms with van der Waals surface area (Å²) >= 11 is 0. The number of amidine groups is 1. The topological polar surface area (TPSA) is 72.2 Å². The number of carbonyl (C=O) groups is 2. The number of halogens is 4. The smallest absolute Gasteiger partial charge is 0.293 e. The molecule has 0 aliphatic carbocycles. The van der Waals surface area contributed by atoms with Crippen molar-refractivity contribution in [3.63, 3.8) is 0 Å². The Balaban J connectivity index is 2.03. The van der Waals surface area contributed by atoms with Crippen molar-refractivity contribution in [1.82, 2.24) is 10.6 Å². The van der Waals surface area contributed by atoms with E-state index >= 15 is 0 Å². The van der Waals surface area contributed by atoms with E-state index in [1.807, 2.05) is 4.99 Å². The maximum absolute atomic E-state index is 13.7. The van der Waals surface area contributed by atoms with Crippen LogP contribution in [0.15, 0.2) is 54.6 Å². The Bertz CT molecular complexity index is 896. The minimum atomic E-state index is -5.19. The third kappa shape index (κ3) is 2.92. The van der Waals surface area contributed by atoms with E-state index in [9.17, 15) is 27.2 Å². The molecule has 5 nitrogen and oxygen atoms in total. The van der Waals surface area contributed by atoms with Crippen molar-refractivity contribution in [2.24, 2.45) is 0 Å². The molecule has 0 radical (unpaired) electrons. The molecule has 2 amide bonds. The minimum Gasteiger partial charge on any atom is -0.293 e. The molecule has 0 fully saturated rings. The van der Waals surface area contributed by atoms with Gasteiger partial charge in [-0.2, -0.15) is 13.2 Å². The SMILES string of the molecule is O=C(N[C@]1(C(F)(F)F)[NH+]=C(c2ccccc2)NC1=O)c1ccccc1F. The number of amides is 2. The van der Waals surface area contributed by atoms with E-state index in [1.165, 1.54) is 24.3 Å². The molecule has 0 aromatic heterocycles. The van der Waals surface area contributed by atoms with E-state index in [2.05, 4.69) is 5.32 Å². The van der Waals surface area contributed by atoms with Crippen molar-refractivity contribution in [3.05, 3.63) is 71.5 Å². The first-order chi connectivity index (χ1) is 12.2. The van der Waals surface area contributed by atoms with Gasteiger partial charge in [0.1, 0.15) is 5.82 Å². The van der Waals surface area contributed by atoms with Crippen LogP contribution in [0, 0.1) is 5.82 Å². The van der Waals surface area contributed by atoms with E-state index in [1.54, 1.807) is 23.5 Å². The van der Waals surface area contributed by atoms with Crippen LogP contribution in [0.1, 0.15) is 15.9 Å². The van der Waals surface area contributed by atoms with Crippen LogP contribution in [0.2, 0.25) is 0 Å². The summed E-state index contributed by atoms with van der Waals surface area (Å²) in [6.07, 6.45) is -5.19. The molecule has 2 aromatic carbocycles. The second kappa shape index (κ2) is 6.25. The van der Waals surface area contributed by atoms with Gasteiger partial charge in [-0.3, -0.25) is 10.1 Å². The van der Waals surface area contributed by atoms with Gasteiger partial charge >= 0.3 is 17.7 Å². The highest BCUT2D eigenvalue weighted by molar-refractivity contribution is 6.11. The molecule has 3 N–H and O–H groups in total. The molecule has 0 unspecified atom stereocenters. The fourth-order valence-electron chi connectivity index (χ4n) is 2.47. The average Bonchev–Trinajstić information content (AvgIpc) is 2.93. The first kappa shape index (κ1) is 17.6. The molecule has 1 aliphatic rings. The predicted octanol–water partition coefficient (Wildman–Crippen LogP) is 0.471. The lowest BCUT2D eigenvalue weighted by Crippen LogP contribution is -2.96. The van der Waals surface area contributed by atoms with E-state index < -0.39 is 35.0 Å². The lowest BCUT2D eigenvalue weighted by Gasteiger charge is -2.23. The number of hydrogen-bond donors (Lipinski definition) is 3. The summed E-state index contributed by atoms with van der Waals surface area (Å²) in [5.74, 6) is -4.12. The zero-order valence-corrected chi connectivity index (χ0v) is 13.0. The van der Waals surface area contributed by atoms with Crippen molar-refractivity contribution in [3.8, 4) is 0 Å². The van der Waals surface area contributed by atoms with Crippen LogP contribution in [0.25, 0.3) is 0 Å². The molecule has 1 heterocycles. The first-order valence-corrected chi connectivity index (χ1v) is 7.40. The highest BCUT2D eigenvalue weighted by atomic mass is 19.4. The van der Waals surface area contributed by atoms with Gasteiger partial charge in [0.2, 0.25) is 0 Å². The van der Waals surface area contributed by atoms with Gasteiger partial charge < -0.3 is 0 Å². The molecule has 0 saturated heterocycles. The maximum atomic E-state index is 13.7. The molecule has 0 saturated carbocycles. The fourth-order valence-corrected chi connectivity index (χ4v) is 2.47. The van der Waals surface area contributed by atoms with Gasteiger partial charge in [0.25, 0.3) is 11.7 Å². The van der Waals surface area contributed by atoms with Gasteiger partial charge in [-0.25, -0.2) is 19.5 Å². The summed E-state index contributed by atoms with van der Waals surface area (Å²) in [7, 11) is 0. The lowest BCUT2D eigenvalue weighted by molar-refractivity contribution is -0.580. The maximum Gasteiger partial charge on any atom is 0.465 e. The van der Waals surface area contributed by atoms with Crippen LogP contribution in [-0.4, -0.2) is 29.5 Å². The van der Waals surface area contributed by atoms with E-state index in [0.717, 1.165) is 12.1 Å². The van der Waals surface area contributed by atoms with Crippen molar-refractivity contribution in [2.75, 3.05) is 0 Å². The second-order valence-corrected chi connectivity index (χ2v) is 5.50. The quantitative estimate of drug-likeness (QED) is 0.692. The zero-order valence-electron chi connectivity index (χ0n) is 13.0. The van der Waals surface area contributed by atoms with Gasteiger partial charge in [0.05, 0.1) is 11.1 Å². The van der Waals surface area contributed by atoms with Gasteiger partial charge in [0, 0.05) is 0 Å². The van der Waals surface area contributed by atoms with Crippen LogP contribution in [0.5, 0.6) is 0 Å². The van der Waals surface area contributed by atoms with Gasteiger partial charge in [-0.05, 0) is 24.3 Å². The Morgan fingerprint density at radius 1 is 1.04 bits per heavy atom. The Hall–Kier alpha value is -3.23. The Kier molecular flexibility index (Phi) is 4.23. The Labute approximate surface area is 144 Å². The monoisotopic (exact) mass is 366 g/mol. The minimum absolute atomic E-state index is 0.221. The van der Waals surface area contributed by atoms with Crippen LogP contribution in [-0.2, 0) is 4.79 Å². The molecular weight excluding hydrogens is 354 g/mol.